The molecule has 0 aliphatic rings. The summed E-state index contributed by atoms with van der Waals surface area (Å²) in [6.45, 7) is 7.74. The smallest absolute Gasteiger partial charge is 0.310 e. The van der Waals surface area contributed by atoms with E-state index in [2.05, 4.69) is 4.90 Å². The third-order valence-electron chi connectivity index (χ3n) is 3.28. The van der Waals surface area contributed by atoms with Crippen molar-refractivity contribution in [1.29, 1.82) is 0 Å². The van der Waals surface area contributed by atoms with Gasteiger partial charge in [0, 0.05) is 6.54 Å². The number of aliphatic carboxylic acids is 1. The molecular weight excluding hydrogens is 218 g/mol. The fourth-order valence-electron chi connectivity index (χ4n) is 1.73. The second-order valence-corrected chi connectivity index (χ2v) is 4.60. The van der Waals surface area contributed by atoms with E-state index in [1.54, 1.807) is 13.2 Å². The maximum Gasteiger partial charge on any atom is 0.310 e. The normalized spacial score (nSPS) is 14.8. The summed E-state index contributed by atoms with van der Waals surface area (Å²) in [5, 5.41) is 9.25. The third-order valence-corrected chi connectivity index (χ3v) is 3.28. The molecule has 0 saturated heterocycles. The average molecular weight is 239 g/mol. The van der Waals surface area contributed by atoms with E-state index >= 15 is 0 Å². The van der Waals surface area contributed by atoms with Crippen LogP contribution < -0.4 is 0 Å². The quantitative estimate of drug-likeness (QED) is 0.794. The number of rotatable bonds is 7. The first-order valence-electron chi connectivity index (χ1n) is 6.00. The highest BCUT2D eigenvalue weighted by molar-refractivity contribution is 5.74. The topological polar surface area (TPSA) is 53.7 Å². The molecular formula is C13H21NO3. The Morgan fingerprint density at radius 2 is 2.24 bits per heavy atom. The summed E-state index contributed by atoms with van der Waals surface area (Å²) in [5.41, 5.74) is -0.692. The van der Waals surface area contributed by atoms with E-state index in [0.29, 0.717) is 19.5 Å². The van der Waals surface area contributed by atoms with Crippen molar-refractivity contribution in [1.82, 2.24) is 4.90 Å². The molecule has 1 heterocycles. The van der Waals surface area contributed by atoms with Crippen molar-refractivity contribution >= 4 is 5.97 Å². The zero-order valence-electron chi connectivity index (χ0n) is 10.8. The predicted molar refractivity (Wildman–Crippen MR) is 65.7 cm³/mol. The summed E-state index contributed by atoms with van der Waals surface area (Å²) in [6, 6.07) is 3.76. The summed E-state index contributed by atoms with van der Waals surface area (Å²) in [5.74, 6) is 0.133. The van der Waals surface area contributed by atoms with Crippen LogP contribution >= 0.6 is 0 Å². The number of hydrogen-bond acceptors (Lipinski definition) is 3. The predicted octanol–water partition coefficient (Wildman–Crippen LogP) is 2.60. The minimum Gasteiger partial charge on any atom is -0.481 e. The van der Waals surface area contributed by atoms with Crippen LogP contribution in [0.1, 0.15) is 33.0 Å². The molecule has 1 N–H and O–H groups in total. The van der Waals surface area contributed by atoms with E-state index in [9.17, 15) is 9.90 Å². The molecule has 1 rings (SSSR count). The largest absolute Gasteiger partial charge is 0.481 e. The van der Waals surface area contributed by atoms with Gasteiger partial charge in [0.25, 0.3) is 0 Å². The number of nitrogens with zero attached hydrogens (tertiary/aromatic N) is 1. The SMILES string of the molecule is CCN(Cc1ccco1)CC(C)(CC)C(=O)O. The summed E-state index contributed by atoms with van der Waals surface area (Å²) in [4.78, 5) is 13.3. The molecule has 0 amide bonds. The van der Waals surface area contributed by atoms with Gasteiger partial charge in [0.2, 0.25) is 0 Å². The van der Waals surface area contributed by atoms with Crippen LogP contribution in [0.2, 0.25) is 0 Å². The van der Waals surface area contributed by atoms with Gasteiger partial charge < -0.3 is 9.52 Å². The molecule has 0 fully saturated rings. The number of carbonyl (C=O) groups is 1. The number of hydrogen-bond donors (Lipinski definition) is 1. The minimum atomic E-state index is -0.738. The molecule has 1 atom stereocenters. The zero-order valence-corrected chi connectivity index (χ0v) is 10.8. The Hall–Kier alpha value is -1.29. The van der Waals surface area contributed by atoms with Gasteiger partial charge in [0.1, 0.15) is 5.76 Å². The first-order chi connectivity index (χ1) is 8.01. The van der Waals surface area contributed by atoms with Crippen LogP contribution in [0, 0.1) is 5.41 Å². The van der Waals surface area contributed by atoms with Gasteiger partial charge in [-0.1, -0.05) is 13.8 Å². The lowest BCUT2D eigenvalue weighted by Gasteiger charge is -2.30. The molecule has 1 aromatic heterocycles. The van der Waals surface area contributed by atoms with Crippen LogP contribution in [-0.2, 0) is 11.3 Å². The van der Waals surface area contributed by atoms with E-state index < -0.39 is 11.4 Å². The minimum absolute atomic E-state index is 0.538. The van der Waals surface area contributed by atoms with E-state index in [1.807, 2.05) is 26.0 Å². The van der Waals surface area contributed by atoms with Crippen LogP contribution in [0.25, 0.3) is 0 Å². The highest BCUT2D eigenvalue weighted by Gasteiger charge is 2.33. The molecule has 0 aliphatic carbocycles. The Kier molecular flexibility index (Phi) is 4.75. The lowest BCUT2D eigenvalue weighted by Crippen LogP contribution is -2.40. The van der Waals surface area contributed by atoms with Crippen LogP contribution in [0.4, 0.5) is 0 Å². The lowest BCUT2D eigenvalue weighted by molar-refractivity contribution is -0.149. The molecule has 0 aliphatic heterocycles. The first kappa shape index (κ1) is 13.8. The van der Waals surface area contributed by atoms with Gasteiger partial charge in [0.15, 0.2) is 0 Å². The summed E-state index contributed by atoms with van der Waals surface area (Å²) in [7, 11) is 0. The molecule has 17 heavy (non-hydrogen) atoms. The van der Waals surface area contributed by atoms with Crippen LogP contribution in [-0.4, -0.2) is 29.1 Å². The highest BCUT2D eigenvalue weighted by Crippen LogP contribution is 2.23. The second kappa shape index (κ2) is 5.87. The standard InChI is InChI=1S/C13H21NO3/c1-4-13(3,12(15)16)10-14(5-2)9-11-7-6-8-17-11/h6-8H,4-5,9-10H2,1-3H3,(H,15,16). The highest BCUT2D eigenvalue weighted by atomic mass is 16.4. The van der Waals surface area contributed by atoms with Gasteiger partial charge in [-0.3, -0.25) is 9.69 Å². The summed E-state index contributed by atoms with van der Waals surface area (Å²) >= 11 is 0. The van der Waals surface area contributed by atoms with E-state index in [0.717, 1.165) is 12.3 Å². The van der Waals surface area contributed by atoms with Crippen molar-refractivity contribution in [2.45, 2.75) is 33.7 Å². The fraction of sp³-hybridized carbons (Fsp3) is 0.615. The molecule has 0 spiro atoms. The molecule has 4 heteroatoms. The van der Waals surface area contributed by atoms with Gasteiger partial charge in [-0.2, -0.15) is 0 Å². The van der Waals surface area contributed by atoms with Gasteiger partial charge in [-0.25, -0.2) is 0 Å². The lowest BCUT2D eigenvalue weighted by atomic mass is 9.87. The van der Waals surface area contributed by atoms with Crippen molar-refractivity contribution in [2.24, 2.45) is 5.41 Å². The molecule has 0 saturated carbocycles. The van der Waals surface area contributed by atoms with Crippen LogP contribution in [0.3, 0.4) is 0 Å². The van der Waals surface area contributed by atoms with E-state index in [4.69, 9.17) is 4.42 Å². The van der Waals surface area contributed by atoms with Gasteiger partial charge in [0.05, 0.1) is 18.2 Å². The van der Waals surface area contributed by atoms with Gasteiger partial charge in [-0.15, -0.1) is 0 Å². The Morgan fingerprint density at radius 3 is 2.65 bits per heavy atom. The molecule has 0 aromatic carbocycles. The average Bonchev–Trinajstić information content (AvgIpc) is 2.80. The number of carboxylic acids is 1. The molecule has 96 valence electrons. The van der Waals surface area contributed by atoms with Crippen molar-refractivity contribution in [3.05, 3.63) is 24.2 Å². The van der Waals surface area contributed by atoms with Crippen LogP contribution in [0.5, 0.6) is 0 Å². The number of carboxylic acid groups (broad SMARTS) is 1. The first-order valence-corrected chi connectivity index (χ1v) is 6.00. The van der Waals surface area contributed by atoms with E-state index in [-0.39, 0.29) is 0 Å². The maximum atomic E-state index is 11.3. The Labute approximate surface area is 102 Å². The van der Waals surface area contributed by atoms with Gasteiger partial charge >= 0.3 is 5.97 Å². The van der Waals surface area contributed by atoms with Crippen molar-refractivity contribution in [2.75, 3.05) is 13.1 Å². The molecule has 1 aromatic rings. The third kappa shape index (κ3) is 3.60. The molecule has 0 radical (unpaired) electrons. The Morgan fingerprint density at radius 1 is 1.53 bits per heavy atom. The van der Waals surface area contributed by atoms with Crippen molar-refractivity contribution in [3.8, 4) is 0 Å². The molecule has 4 nitrogen and oxygen atoms in total. The molecule has 1 unspecified atom stereocenters. The van der Waals surface area contributed by atoms with Crippen molar-refractivity contribution in [3.63, 3.8) is 0 Å². The second-order valence-electron chi connectivity index (χ2n) is 4.60. The summed E-state index contributed by atoms with van der Waals surface area (Å²) in [6.07, 6.45) is 2.26. The molecule has 0 bridgehead atoms. The number of furan rings is 1. The van der Waals surface area contributed by atoms with E-state index in [1.165, 1.54) is 0 Å². The zero-order chi connectivity index (χ0) is 12.9. The summed E-state index contributed by atoms with van der Waals surface area (Å²) < 4.78 is 5.29. The van der Waals surface area contributed by atoms with Crippen molar-refractivity contribution < 1.29 is 14.3 Å². The monoisotopic (exact) mass is 239 g/mol. The Balaban J connectivity index is 2.65. The van der Waals surface area contributed by atoms with Gasteiger partial charge in [-0.05, 0) is 32.0 Å². The van der Waals surface area contributed by atoms with Crippen LogP contribution in [0.15, 0.2) is 22.8 Å². The Bertz CT molecular complexity index is 348. The maximum absolute atomic E-state index is 11.3. The fourth-order valence-corrected chi connectivity index (χ4v) is 1.73.